The van der Waals surface area contributed by atoms with E-state index in [2.05, 4.69) is 15.0 Å². The molecule has 0 aliphatic carbocycles. The number of imidazole rings is 1. The lowest BCUT2D eigenvalue weighted by Crippen LogP contribution is -2.10. The van der Waals surface area contributed by atoms with Crippen molar-refractivity contribution < 1.29 is 9.90 Å². The number of anilines is 1. The molecule has 3 heterocycles. The van der Waals surface area contributed by atoms with Crippen LogP contribution in [-0.2, 0) is 0 Å². The van der Waals surface area contributed by atoms with Crippen molar-refractivity contribution in [3.63, 3.8) is 0 Å². The SMILES string of the molecule is CN(C)c1nc2c([nH]1)c(C(=O)c1ccc(O)cc1)nc1[nH]c3ccccc3c12. The maximum absolute atomic E-state index is 13.2. The number of H-pyrrole nitrogens is 2. The Morgan fingerprint density at radius 2 is 1.75 bits per heavy atom. The molecule has 7 heteroatoms. The second-order valence-corrected chi connectivity index (χ2v) is 6.91. The van der Waals surface area contributed by atoms with E-state index in [1.165, 1.54) is 12.1 Å². The number of hydrogen-bond acceptors (Lipinski definition) is 5. The van der Waals surface area contributed by atoms with Crippen LogP contribution >= 0.6 is 0 Å². The quantitative estimate of drug-likeness (QED) is 0.421. The number of rotatable bonds is 3. The molecule has 5 rings (SSSR count). The van der Waals surface area contributed by atoms with Crippen LogP contribution in [0.1, 0.15) is 16.1 Å². The van der Waals surface area contributed by atoms with Crippen LogP contribution in [0.5, 0.6) is 5.75 Å². The first-order chi connectivity index (χ1) is 13.5. The monoisotopic (exact) mass is 371 g/mol. The minimum absolute atomic E-state index is 0.108. The Morgan fingerprint density at radius 1 is 1.00 bits per heavy atom. The highest BCUT2D eigenvalue weighted by molar-refractivity contribution is 6.23. The molecule has 2 aromatic carbocycles. The van der Waals surface area contributed by atoms with Crippen LogP contribution in [-0.4, -0.2) is 44.9 Å². The molecule has 0 aliphatic heterocycles. The number of phenolic OH excluding ortho intramolecular Hbond substituents is 1. The van der Waals surface area contributed by atoms with Gasteiger partial charge in [0, 0.05) is 30.6 Å². The van der Waals surface area contributed by atoms with Crippen LogP contribution < -0.4 is 4.90 Å². The van der Waals surface area contributed by atoms with Crippen molar-refractivity contribution in [1.82, 2.24) is 19.9 Å². The van der Waals surface area contributed by atoms with Gasteiger partial charge in [0.15, 0.2) is 0 Å². The molecular formula is C21H17N5O2. The Hall–Kier alpha value is -3.87. The summed E-state index contributed by atoms with van der Waals surface area (Å²) >= 11 is 0. The highest BCUT2D eigenvalue weighted by Gasteiger charge is 2.22. The summed E-state index contributed by atoms with van der Waals surface area (Å²) in [5.74, 6) is 0.519. The number of pyridine rings is 1. The normalized spacial score (nSPS) is 11.5. The number of carbonyl (C=O) groups excluding carboxylic acids is 1. The van der Waals surface area contributed by atoms with E-state index >= 15 is 0 Å². The topological polar surface area (TPSA) is 97.9 Å². The molecule has 0 aliphatic rings. The third-order valence-corrected chi connectivity index (χ3v) is 4.84. The van der Waals surface area contributed by atoms with Gasteiger partial charge in [0.25, 0.3) is 0 Å². The number of ketones is 1. The molecule has 3 aromatic heterocycles. The highest BCUT2D eigenvalue weighted by Crippen LogP contribution is 2.33. The predicted molar refractivity (Wildman–Crippen MR) is 109 cm³/mol. The number of phenols is 1. The third kappa shape index (κ3) is 2.33. The standard InChI is InChI=1S/C21H17N5O2/c1-26(2)21-24-16-15-13-5-3-4-6-14(13)22-20(15)23-18(17(16)25-21)19(28)11-7-9-12(27)10-8-11/h3-10,27H,1-2H3,(H,22,23)(H,24,25). The Bertz CT molecular complexity index is 1360. The van der Waals surface area contributed by atoms with E-state index in [4.69, 9.17) is 4.98 Å². The van der Waals surface area contributed by atoms with Crippen LogP contribution in [0.15, 0.2) is 48.5 Å². The molecule has 0 spiro atoms. The van der Waals surface area contributed by atoms with E-state index in [9.17, 15) is 9.90 Å². The average molecular weight is 371 g/mol. The fourth-order valence-electron chi connectivity index (χ4n) is 3.46. The van der Waals surface area contributed by atoms with Gasteiger partial charge in [-0.1, -0.05) is 18.2 Å². The second-order valence-electron chi connectivity index (χ2n) is 6.91. The van der Waals surface area contributed by atoms with Crippen molar-refractivity contribution in [3.8, 4) is 5.75 Å². The van der Waals surface area contributed by atoms with E-state index in [0.717, 1.165) is 16.3 Å². The number of carbonyl (C=O) groups is 1. The maximum atomic E-state index is 13.2. The first-order valence-electron chi connectivity index (χ1n) is 8.84. The Balaban J connectivity index is 1.86. The molecular weight excluding hydrogens is 354 g/mol. The third-order valence-electron chi connectivity index (χ3n) is 4.84. The van der Waals surface area contributed by atoms with Gasteiger partial charge >= 0.3 is 0 Å². The van der Waals surface area contributed by atoms with Gasteiger partial charge in [-0.15, -0.1) is 0 Å². The summed E-state index contributed by atoms with van der Waals surface area (Å²) in [6.45, 7) is 0. The molecule has 3 N–H and O–H groups in total. The van der Waals surface area contributed by atoms with Gasteiger partial charge in [0.1, 0.15) is 22.6 Å². The summed E-state index contributed by atoms with van der Waals surface area (Å²) in [6.07, 6.45) is 0. The van der Waals surface area contributed by atoms with Crippen molar-refractivity contribution in [3.05, 3.63) is 59.8 Å². The fraction of sp³-hybridized carbons (Fsp3) is 0.0952. The molecule has 0 saturated heterocycles. The van der Waals surface area contributed by atoms with Gasteiger partial charge in [-0.05, 0) is 30.3 Å². The molecule has 138 valence electrons. The van der Waals surface area contributed by atoms with E-state index in [0.29, 0.717) is 33.9 Å². The average Bonchev–Trinajstić information content (AvgIpc) is 3.28. The second kappa shape index (κ2) is 5.82. The van der Waals surface area contributed by atoms with Gasteiger partial charge in [0.2, 0.25) is 11.7 Å². The highest BCUT2D eigenvalue weighted by atomic mass is 16.3. The van der Waals surface area contributed by atoms with E-state index in [1.807, 2.05) is 43.3 Å². The molecule has 0 saturated carbocycles. The first-order valence-corrected chi connectivity index (χ1v) is 8.84. The zero-order valence-electron chi connectivity index (χ0n) is 15.3. The fourth-order valence-corrected chi connectivity index (χ4v) is 3.46. The minimum atomic E-state index is -0.237. The van der Waals surface area contributed by atoms with Gasteiger partial charge in [0.05, 0.1) is 10.9 Å². The number of para-hydroxylation sites is 1. The molecule has 0 atom stereocenters. The number of aromatic nitrogens is 4. The van der Waals surface area contributed by atoms with E-state index in [1.54, 1.807) is 12.1 Å². The van der Waals surface area contributed by atoms with E-state index < -0.39 is 0 Å². The summed E-state index contributed by atoms with van der Waals surface area (Å²) < 4.78 is 0. The Kier molecular flexibility index (Phi) is 3.39. The largest absolute Gasteiger partial charge is 0.508 e. The van der Waals surface area contributed by atoms with Crippen LogP contribution in [0.25, 0.3) is 33.0 Å². The van der Waals surface area contributed by atoms with Gasteiger partial charge in [-0.2, -0.15) is 0 Å². The molecule has 0 bridgehead atoms. The Morgan fingerprint density at radius 3 is 2.50 bits per heavy atom. The lowest BCUT2D eigenvalue weighted by Gasteiger charge is -2.05. The summed E-state index contributed by atoms with van der Waals surface area (Å²) in [5.41, 5.74) is 3.60. The summed E-state index contributed by atoms with van der Waals surface area (Å²) in [4.78, 5) is 31.0. The smallest absolute Gasteiger partial charge is 0.213 e. The van der Waals surface area contributed by atoms with Gasteiger partial charge in [-0.3, -0.25) is 4.79 Å². The summed E-state index contributed by atoms with van der Waals surface area (Å²) in [5, 5.41) is 11.4. The number of aromatic hydroxyl groups is 1. The van der Waals surface area contributed by atoms with Gasteiger partial charge in [-0.25, -0.2) is 9.97 Å². The van der Waals surface area contributed by atoms with Crippen molar-refractivity contribution >= 4 is 44.7 Å². The molecule has 0 unspecified atom stereocenters. The summed E-state index contributed by atoms with van der Waals surface area (Å²) in [6, 6.07) is 14.1. The zero-order valence-corrected chi connectivity index (χ0v) is 15.3. The molecule has 28 heavy (non-hydrogen) atoms. The molecule has 7 nitrogen and oxygen atoms in total. The van der Waals surface area contributed by atoms with E-state index in [-0.39, 0.29) is 11.5 Å². The Labute approximate surface area is 159 Å². The number of nitrogens with one attached hydrogen (secondary N) is 2. The predicted octanol–water partition coefficient (Wildman–Crippen LogP) is 3.60. The zero-order chi connectivity index (χ0) is 19.4. The number of fused-ring (bicyclic) bond motifs is 5. The van der Waals surface area contributed by atoms with Crippen LogP contribution in [0.2, 0.25) is 0 Å². The van der Waals surface area contributed by atoms with Crippen LogP contribution in [0.4, 0.5) is 5.95 Å². The summed E-state index contributed by atoms with van der Waals surface area (Å²) in [7, 11) is 3.78. The first kappa shape index (κ1) is 16.3. The molecule has 0 fully saturated rings. The van der Waals surface area contributed by atoms with Crippen molar-refractivity contribution in [2.75, 3.05) is 19.0 Å². The number of benzene rings is 2. The van der Waals surface area contributed by atoms with Gasteiger partial charge < -0.3 is 20.0 Å². The lowest BCUT2D eigenvalue weighted by atomic mass is 10.1. The molecule has 5 aromatic rings. The van der Waals surface area contributed by atoms with Crippen molar-refractivity contribution in [2.24, 2.45) is 0 Å². The maximum Gasteiger partial charge on any atom is 0.213 e. The molecule has 0 amide bonds. The number of aromatic amines is 2. The number of hydrogen-bond donors (Lipinski definition) is 3. The lowest BCUT2D eigenvalue weighted by molar-refractivity contribution is 0.103. The van der Waals surface area contributed by atoms with Crippen LogP contribution in [0, 0.1) is 0 Å². The molecule has 0 radical (unpaired) electrons. The minimum Gasteiger partial charge on any atom is -0.508 e. The van der Waals surface area contributed by atoms with Crippen molar-refractivity contribution in [1.29, 1.82) is 0 Å². The van der Waals surface area contributed by atoms with Crippen molar-refractivity contribution in [2.45, 2.75) is 0 Å². The van der Waals surface area contributed by atoms with Crippen LogP contribution in [0.3, 0.4) is 0 Å². The number of nitrogens with zero attached hydrogens (tertiary/aromatic N) is 3.